The van der Waals surface area contributed by atoms with Gasteiger partial charge in [-0.05, 0) is 32.1 Å². The highest BCUT2D eigenvalue weighted by Gasteiger charge is 2.30. The van der Waals surface area contributed by atoms with Crippen molar-refractivity contribution in [3.63, 3.8) is 0 Å². The predicted molar refractivity (Wildman–Crippen MR) is 86.6 cm³/mol. The van der Waals surface area contributed by atoms with E-state index in [9.17, 15) is 9.59 Å². The average molecular weight is 310 g/mol. The molecule has 22 heavy (non-hydrogen) atoms. The molecule has 126 valence electrons. The Balaban J connectivity index is 1.67. The minimum absolute atomic E-state index is 0.0235. The fraction of sp³-hybridized carbons (Fsp3) is 0.875. The number of nitrogens with zero attached hydrogens (tertiary/aromatic N) is 2. The van der Waals surface area contributed by atoms with Gasteiger partial charge in [-0.15, -0.1) is 0 Å². The summed E-state index contributed by atoms with van der Waals surface area (Å²) < 4.78 is 0. The number of rotatable bonds is 6. The quantitative estimate of drug-likeness (QED) is 0.770. The van der Waals surface area contributed by atoms with E-state index in [1.165, 1.54) is 0 Å². The smallest absolute Gasteiger partial charge is 0.317 e. The SMILES string of the molecule is CC(C)CCNC(=O)N1CCN([C@@H](C)C(=O)NC2CC2)CC1. The van der Waals surface area contributed by atoms with Crippen LogP contribution in [0.5, 0.6) is 0 Å². The normalized spacial score (nSPS) is 20.8. The molecular weight excluding hydrogens is 280 g/mol. The molecular formula is C16H30N4O2. The number of piperazine rings is 1. The lowest BCUT2D eigenvalue weighted by Gasteiger charge is -2.37. The van der Waals surface area contributed by atoms with Gasteiger partial charge < -0.3 is 15.5 Å². The first-order valence-corrected chi connectivity index (χ1v) is 8.54. The van der Waals surface area contributed by atoms with Crippen molar-refractivity contribution in [2.45, 2.75) is 52.1 Å². The Hall–Kier alpha value is -1.30. The molecule has 0 bridgehead atoms. The molecule has 0 aromatic heterocycles. The topological polar surface area (TPSA) is 64.7 Å². The van der Waals surface area contributed by atoms with Crippen LogP contribution in [0.3, 0.4) is 0 Å². The second-order valence-corrected chi connectivity index (χ2v) is 6.90. The summed E-state index contributed by atoms with van der Waals surface area (Å²) in [5.74, 6) is 0.723. The second-order valence-electron chi connectivity index (χ2n) is 6.90. The van der Waals surface area contributed by atoms with Crippen molar-refractivity contribution in [2.24, 2.45) is 5.92 Å². The van der Waals surface area contributed by atoms with E-state index in [0.717, 1.165) is 38.9 Å². The van der Waals surface area contributed by atoms with Gasteiger partial charge >= 0.3 is 6.03 Å². The van der Waals surface area contributed by atoms with Gasteiger partial charge in [-0.2, -0.15) is 0 Å². The Morgan fingerprint density at radius 2 is 1.73 bits per heavy atom. The Labute approximate surface area is 133 Å². The van der Waals surface area contributed by atoms with E-state index >= 15 is 0 Å². The zero-order chi connectivity index (χ0) is 16.1. The van der Waals surface area contributed by atoms with E-state index < -0.39 is 0 Å². The molecule has 0 unspecified atom stereocenters. The number of hydrogen-bond acceptors (Lipinski definition) is 3. The third-order valence-corrected chi connectivity index (χ3v) is 4.45. The van der Waals surface area contributed by atoms with Crippen molar-refractivity contribution in [2.75, 3.05) is 32.7 Å². The van der Waals surface area contributed by atoms with Gasteiger partial charge in [0.15, 0.2) is 0 Å². The van der Waals surface area contributed by atoms with Gasteiger partial charge in [0, 0.05) is 38.8 Å². The fourth-order valence-electron chi connectivity index (χ4n) is 2.61. The number of carbonyl (C=O) groups is 2. The van der Waals surface area contributed by atoms with Crippen LogP contribution in [-0.4, -0.2) is 66.5 Å². The van der Waals surface area contributed by atoms with Gasteiger partial charge in [0.05, 0.1) is 6.04 Å². The molecule has 1 aliphatic heterocycles. The van der Waals surface area contributed by atoms with Crippen molar-refractivity contribution in [3.05, 3.63) is 0 Å². The van der Waals surface area contributed by atoms with Crippen LogP contribution >= 0.6 is 0 Å². The highest BCUT2D eigenvalue weighted by molar-refractivity contribution is 5.82. The molecule has 2 fully saturated rings. The maximum Gasteiger partial charge on any atom is 0.317 e. The van der Waals surface area contributed by atoms with Crippen LogP contribution in [0.2, 0.25) is 0 Å². The van der Waals surface area contributed by atoms with Crippen molar-refractivity contribution >= 4 is 11.9 Å². The average Bonchev–Trinajstić information content (AvgIpc) is 3.30. The zero-order valence-electron chi connectivity index (χ0n) is 14.1. The maximum atomic E-state index is 12.1. The van der Waals surface area contributed by atoms with E-state index in [4.69, 9.17) is 0 Å². The van der Waals surface area contributed by atoms with E-state index in [1.807, 2.05) is 11.8 Å². The first-order valence-electron chi connectivity index (χ1n) is 8.54. The summed E-state index contributed by atoms with van der Waals surface area (Å²) in [6, 6.07) is 0.324. The van der Waals surface area contributed by atoms with Crippen LogP contribution in [0.1, 0.15) is 40.0 Å². The van der Waals surface area contributed by atoms with Crippen molar-refractivity contribution in [1.82, 2.24) is 20.4 Å². The molecule has 0 aromatic rings. The number of carbonyl (C=O) groups excluding carboxylic acids is 2. The molecule has 1 saturated carbocycles. The second kappa shape index (κ2) is 7.81. The van der Waals surface area contributed by atoms with Gasteiger partial charge in [0.25, 0.3) is 0 Å². The molecule has 3 amide bonds. The summed E-state index contributed by atoms with van der Waals surface area (Å²) in [5.41, 5.74) is 0. The van der Waals surface area contributed by atoms with Crippen LogP contribution in [0.25, 0.3) is 0 Å². The first kappa shape index (κ1) is 17.1. The minimum Gasteiger partial charge on any atom is -0.352 e. The van der Waals surface area contributed by atoms with Gasteiger partial charge in [-0.25, -0.2) is 4.79 Å². The van der Waals surface area contributed by atoms with Crippen LogP contribution in [-0.2, 0) is 4.79 Å². The van der Waals surface area contributed by atoms with Gasteiger partial charge in [-0.1, -0.05) is 13.8 Å². The molecule has 1 atom stereocenters. The summed E-state index contributed by atoms with van der Waals surface area (Å²) in [6.07, 6.45) is 3.23. The minimum atomic E-state index is -0.105. The van der Waals surface area contributed by atoms with Crippen LogP contribution in [0.15, 0.2) is 0 Å². The highest BCUT2D eigenvalue weighted by atomic mass is 16.2. The highest BCUT2D eigenvalue weighted by Crippen LogP contribution is 2.19. The lowest BCUT2D eigenvalue weighted by atomic mass is 10.1. The largest absolute Gasteiger partial charge is 0.352 e. The zero-order valence-corrected chi connectivity index (χ0v) is 14.1. The number of nitrogens with one attached hydrogen (secondary N) is 2. The molecule has 1 saturated heterocycles. The predicted octanol–water partition coefficient (Wildman–Crippen LogP) is 1.03. The molecule has 6 heteroatoms. The van der Waals surface area contributed by atoms with Crippen molar-refractivity contribution in [1.29, 1.82) is 0 Å². The molecule has 2 rings (SSSR count). The molecule has 0 spiro atoms. The van der Waals surface area contributed by atoms with E-state index in [0.29, 0.717) is 25.0 Å². The summed E-state index contributed by atoms with van der Waals surface area (Å²) in [5, 5.41) is 6.02. The Morgan fingerprint density at radius 1 is 1.09 bits per heavy atom. The summed E-state index contributed by atoms with van der Waals surface area (Å²) in [6.45, 7) is 9.89. The molecule has 1 heterocycles. The third kappa shape index (κ3) is 5.16. The summed E-state index contributed by atoms with van der Waals surface area (Å²) in [7, 11) is 0. The van der Waals surface area contributed by atoms with Crippen molar-refractivity contribution in [3.8, 4) is 0 Å². The third-order valence-electron chi connectivity index (χ3n) is 4.45. The van der Waals surface area contributed by atoms with Gasteiger partial charge in [0.1, 0.15) is 0 Å². The lowest BCUT2D eigenvalue weighted by molar-refractivity contribution is -0.126. The molecule has 0 aromatic carbocycles. The number of urea groups is 1. The van der Waals surface area contributed by atoms with Crippen LogP contribution < -0.4 is 10.6 Å². The number of hydrogen-bond donors (Lipinski definition) is 2. The van der Waals surface area contributed by atoms with Crippen molar-refractivity contribution < 1.29 is 9.59 Å². The molecule has 1 aliphatic carbocycles. The van der Waals surface area contributed by atoms with E-state index in [1.54, 1.807) is 0 Å². The Bertz CT molecular complexity index is 388. The fourth-order valence-corrected chi connectivity index (χ4v) is 2.61. The molecule has 6 nitrogen and oxygen atoms in total. The Kier molecular flexibility index (Phi) is 6.06. The number of amides is 3. The Morgan fingerprint density at radius 3 is 2.27 bits per heavy atom. The molecule has 2 N–H and O–H groups in total. The summed E-state index contributed by atoms with van der Waals surface area (Å²) in [4.78, 5) is 28.1. The standard InChI is InChI=1S/C16H30N4O2/c1-12(2)6-7-17-16(22)20-10-8-19(9-11-20)13(3)15(21)18-14-4-5-14/h12-14H,4-11H2,1-3H3,(H,17,22)(H,18,21)/t13-/m0/s1. The van der Waals surface area contributed by atoms with E-state index in [2.05, 4.69) is 29.4 Å². The van der Waals surface area contributed by atoms with Gasteiger partial charge in [-0.3, -0.25) is 9.69 Å². The first-order chi connectivity index (χ1) is 10.5. The van der Waals surface area contributed by atoms with Crippen LogP contribution in [0.4, 0.5) is 4.79 Å². The molecule has 2 aliphatic rings. The lowest BCUT2D eigenvalue weighted by Crippen LogP contribution is -2.56. The van der Waals surface area contributed by atoms with Gasteiger partial charge in [0.2, 0.25) is 5.91 Å². The van der Waals surface area contributed by atoms with E-state index in [-0.39, 0.29) is 18.0 Å². The summed E-state index contributed by atoms with van der Waals surface area (Å²) >= 11 is 0. The monoisotopic (exact) mass is 310 g/mol. The van der Waals surface area contributed by atoms with Crippen LogP contribution in [0, 0.1) is 5.92 Å². The maximum absolute atomic E-state index is 12.1. The molecule has 0 radical (unpaired) electrons.